The Balaban J connectivity index is 2.04. The summed E-state index contributed by atoms with van der Waals surface area (Å²) in [6.07, 6.45) is 1.98. The van der Waals surface area contributed by atoms with E-state index in [-0.39, 0.29) is 23.9 Å². The van der Waals surface area contributed by atoms with Crippen molar-refractivity contribution in [3.05, 3.63) is 29.6 Å². The lowest BCUT2D eigenvalue weighted by molar-refractivity contribution is -0.0506. The average Bonchev–Trinajstić information content (AvgIpc) is 2.61. The van der Waals surface area contributed by atoms with Crippen molar-refractivity contribution in [3.8, 4) is 5.75 Å². The summed E-state index contributed by atoms with van der Waals surface area (Å²) in [6, 6.07) is 4.68. The fraction of sp³-hybridized carbons (Fsp3) is 0.632. The first-order chi connectivity index (χ1) is 12.9. The molecule has 0 aliphatic carbocycles. The highest BCUT2D eigenvalue weighted by atomic mass is 19.3. The van der Waals surface area contributed by atoms with Crippen LogP contribution in [0.1, 0.15) is 39.2 Å². The van der Waals surface area contributed by atoms with E-state index < -0.39 is 12.4 Å². The van der Waals surface area contributed by atoms with Crippen LogP contribution < -0.4 is 15.4 Å². The van der Waals surface area contributed by atoms with Crippen molar-refractivity contribution >= 4 is 5.96 Å². The largest absolute Gasteiger partial charge is 0.434 e. The van der Waals surface area contributed by atoms with Gasteiger partial charge in [-0.25, -0.2) is 9.38 Å². The third-order valence-corrected chi connectivity index (χ3v) is 4.63. The summed E-state index contributed by atoms with van der Waals surface area (Å²) in [7, 11) is 0. The molecule has 0 bridgehead atoms. The zero-order chi connectivity index (χ0) is 19.8. The molecule has 0 unspecified atom stereocenters. The van der Waals surface area contributed by atoms with Gasteiger partial charge in [-0.1, -0.05) is 6.07 Å². The molecule has 0 atom stereocenters. The lowest BCUT2D eigenvalue weighted by Gasteiger charge is -2.35. The number of halogens is 3. The van der Waals surface area contributed by atoms with Crippen LogP contribution in [0, 0.1) is 5.82 Å². The maximum Gasteiger partial charge on any atom is 0.387 e. The molecule has 2 N–H and O–H groups in total. The van der Waals surface area contributed by atoms with Crippen molar-refractivity contribution in [2.24, 2.45) is 4.99 Å². The maximum atomic E-state index is 14.1. The van der Waals surface area contributed by atoms with Crippen LogP contribution in [0.4, 0.5) is 13.2 Å². The lowest BCUT2D eigenvalue weighted by atomic mass is 10.0. The summed E-state index contributed by atoms with van der Waals surface area (Å²) in [5.74, 6) is -0.250. The van der Waals surface area contributed by atoms with Crippen LogP contribution >= 0.6 is 0 Å². The quantitative estimate of drug-likeness (QED) is 0.557. The normalized spacial score (nSPS) is 16.8. The Morgan fingerprint density at radius 1 is 1.30 bits per heavy atom. The number of rotatable bonds is 7. The second-order valence-corrected chi connectivity index (χ2v) is 6.84. The molecule has 8 heteroatoms. The minimum absolute atomic E-state index is 0.0182. The van der Waals surface area contributed by atoms with Gasteiger partial charge in [0.1, 0.15) is 11.6 Å². The monoisotopic (exact) mass is 386 g/mol. The summed E-state index contributed by atoms with van der Waals surface area (Å²) < 4.78 is 43.6. The maximum absolute atomic E-state index is 14.1. The van der Waals surface area contributed by atoms with Crippen molar-refractivity contribution in [2.45, 2.75) is 58.9 Å². The van der Waals surface area contributed by atoms with Gasteiger partial charge in [0.05, 0.1) is 12.1 Å². The van der Waals surface area contributed by atoms with Gasteiger partial charge >= 0.3 is 6.61 Å². The van der Waals surface area contributed by atoms with Crippen molar-refractivity contribution in [1.82, 2.24) is 15.5 Å². The molecule has 1 aliphatic heterocycles. The predicted molar refractivity (Wildman–Crippen MR) is 101 cm³/mol. The Morgan fingerprint density at radius 2 is 2.00 bits per heavy atom. The zero-order valence-corrected chi connectivity index (χ0v) is 16.1. The first-order valence-corrected chi connectivity index (χ1v) is 9.41. The fourth-order valence-electron chi connectivity index (χ4n) is 3.13. The SMILES string of the molecule is CCNC(=NCc1c(F)cccc1OC(F)F)NC1CCN(C(C)C)CC1. The van der Waals surface area contributed by atoms with E-state index in [0.29, 0.717) is 18.5 Å². The Bertz CT molecular complexity index is 617. The average molecular weight is 386 g/mol. The lowest BCUT2D eigenvalue weighted by Crippen LogP contribution is -2.49. The number of aliphatic imine (C=N–C) groups is 1. The van der Waals surface area contributed by atoms with E-state index >= 15 is 0 Å². The molecule has 1 heterocycles. The number of ether oxygens (including phenoxy) is 1. The molecular weight excluding hydrogens is 357 g/mol. The van der Waals surface area contributed by atoms with Gasteiger partial charge in [0, 0.05) is 31.7 Å². The molecule has 0 amide bonds. The van der Waals surface area contributed by atoms with Crippen LogP contribution in [0.2, 0.25) is 0 Å². The number of guanidine groups is 1. The topological polar surface area (TPSA) is 48.9 Å². The molecule has 152 valence electrons. The second kappa shape index (κ2) is 10.4. The highest BCUT2D eigenvalue weighted by molar-refractivity contribution is 5.80. The number of likely N-dealkylation sites (tertiary alicyclic amines) is 1. The van der Waals surface area contributed by atoms with Crippen LogP contribution in [0.25, 0.3) is 0 Å². The second-order valence-electron chi connectivity index (χ2n) is 6.84. The summed E-state index contributed by atoms with van der Waals surface area (Å²) in [5, 5.41) is 6.49. The first kappa shape index (κ1) is 21.3. The van der Waals surface area contributed by atoms with E-state index in [2.05, 4.69) is 39.1 Å². The van der Waals surface area contributed by atoms with Gasteiger partial charge in [-0.2, -0.15) is 8.78 Å². The van der Waals surface area contributed by atoms with Crippen molar-refractivity contribution in [1.29, 1.82) is 0 Å². The number of piperidine rings is 1. The standard InChI is InChI=1S/C19H29F3N4O/c1-4-23-19(25-14-8-10-26(11-9-14)13(2)3)24-12-15-16(20)6-5-7-17(15)27-18(21)22/h5-7,13-14,18H,4,8-12H2,1-3H3,(H2,23,24,25). The highest BCUT2D eigenvalue weighted by Crippen LogP contribution is 2.24. The van der Waals surface area contributed by atoms with Crippen LogP contribution in [0.5, 0.6) is 5.75 Å². The van der Waals surface area contributed by atoms with Gasteiger partial charge in [-0.3, -0.25) is 0 Å². The molecule has 1 aromatic carbocycles. The van der Waals surface area contributed by atoms with Gasteiger partial charge < -0.3 is 20.3 Å². The predicted octanol–water partition coefficient (Wildman–Crippen LogP) is 3.36. The highest BCUT2D eigenvalue weighted by Gasteiger charge is 2.21. The van der Waals surface area contributed by atoms with E-state index in [4.69, 9.17) is 0 Å². The molecule has 0 aromatic heterocycles. The molecule has 0 spiro atoms. The van der Waals surface area contributed by atoms with E-state index in [0.717, 1.165) is 25.9 Å². The first-order valence-electron chi connectivity index (χ1n) is 9.41. The number of nitrogens with one attached hydrogen (secondary N) is 2. The molecule has 0 saturated carbocycles. The number of hydrogen-bond acceptors (Lipinski definition) is 3. The molecule has 0 radical (unpaired) electrons. The van der Waals surface area contributed by atoms with Crippen molar-refractivity contribution in [3.63, 3.8) is 0 Å². The summed E-state index contributed by atoms with van der Waals surface area (Å²) in [4.78, 5) is 6.80. The Hall–Kier alpha value is -1.96. The van der Waals surface area contributed by atoms with Crippen molar-refractivity contribution in [2.75, 3.05) is 19.6 Å². The molecular formula is C19H29F3N4O. The fourth-order valence-corrected chi connectivity index (χ4v) is 3.13. The van der Waals surface area contributed by atoms with Gasteiger partial charge in [0.2, 0.25) is 0 Å². The minimum atomic E-state index is -3.01. The summed E-state index contributed by atoms with van der Waals surface area (Å²) in [6.45, 7) is 5.88. The third kappa shape index (κ3) is 6.61. The molecule has 1 fully saturated rings. The zero-order valence-electron chi connectivity index (χ0n) is 16.1. The smallest absolute Gasteiger partial charge is 0.387 e. The summed E-state index contributed by atoms with van der Waals surface area (Å²) >= 11 is 0. The van der Waals surface area contributed by atoms with Crippen molar-refractivity contribution < 1.29 is 17.9 Å². The van der Waals surface area contributed by atoms with Gasteiger partial charge in [-0.05, 0) is 45.7 Å². The van der Waals surface area contributed by atoms with Gasteiger partial charge in [-0.15, -0.1) is 0 Å². The number of hydrogen-bond donors (Lipinski definition) is 2. The molecule has 1 saturated heterocycles. The van der Waals surface area contributed by atoms with Crippen LogP contribution in [-0.4, -0.2) is 49.2 Å². The third-order valence-electron chi connectivity index (χ3n) is 4.63. The Kier molecular flexibility index (Phi) is 8.22. The molecule has 1 aliphatic rings. The minimum Gasteiger partial charge on any atom is -0.434 e. The van der Waals surface area contributed by atoms with E-state index in [9.17, 15) is 13.2 Å². The number of alkyl halides is 2. The Labute approximate surface area is 159 Å². The number of nitrogens with zero attached hydrogens (tertiary/aromatic N) is 2. The molecule has 2 rings (SSSR count). The van der Waals surface area contributed by atoms with E-state index in [1.54, 1.807) is 0 Å². The van der Waals surface area contributed by atoms with E-state index in [1.165, 1.54) is 18.2 Å². The summed E-state index contributed by atoms with van der Waals surface area (Å²) in [5.41, 5.74) is 0.0182. The van der Waals surface area contributed by atoms with Gasteiger partial charge in [0.25, 0.3) is 0 Å². The molecule has 5 nitrogen and oxygen atoms in total. The van der Waals surface area contributed by atoms with Gasteiger partial charge in [0.15, 0.2) is 5.96 Å². The van der Waals surface area contributed by atoms with Crippen LogP contribution in [-0.2, 0) is 6.54 Å². The van der Waals surface area contributed by atoms with Crippen LogP contribution in [0.3, 0.4) is 0 Å². The van der Waals surface area contributed by atoms with E-state index in [1.807, 2.05) is 6.92 Å². The molecule has 1 aromatic rings. The van der Waals surface area contributed by atoms with Crippen LogP contribution in [0.15, 0.2) is 23.2 Å². The number of benzene rings is 1. The molecule has 27 heavy (non-hydrogen) atoms. The Morgan fingerprint density at radius 3 is 2.59 bits per heavy atom.